The summed E-state index contributed by atoms with van der Waals surface area (Å²) in [5, 5.41) is 0. The van der Waals surface area contributed by atoms with Crippen LogP contribution in [0.25, 0.3) is 0 Å². The number of rotatable bonds is 5. The standard InChI is InChI=1S/C7H12BNO2/c1-2-3-9(4-5-10)7(11)6-8/h5H,2-4,6H2,1H3. The Morgan fingerprint density at radius 3 is 2.64 bits per heavy atom. The van der Waals surface area contributed by atoms with E-state index in [0.717, 1.165) is 6.42 Å². The topological polar surface area (TPSA) is 37.4 Å². The summed E-state index contributed by atoms with van der Waals surface area (Å²) in [4.78, 5) is 22.5. The molecule has 0 unspecified atom stereocenters. The van der Waals surface area contributed by atoms with Gasteiger partial charge in [0, 0.05) is 6.54 Å². The molecule has 2 radical (unpaired) electrons. The van der Waals surface area contributed by atoms with Crippen LogP contribution in [0.2, 0.25) is 6.32 Å². The summed E-state index contributed by atoms with van der Waals surface area (Å²) in [6, 6.07) is 0. The summed E-state index contributed by atoms with van der Waals surface area (Å²) in [5.74, 6) is -0.168. The molecule has 0 heterocycles. The number of nitrogens with zero attached hydrogens (tertiary/aromatic N) is 1. The molecule has 0 aliphatic carbocycles. The van der Waals surface area contributed by atoms with E-state index in [2.05, 4.69) is 0 Å². The summed E-state index contributed by atoms with van der Waals surface area (Å²) in [7, 11) is 5.13. The molecule has 0 aromatic heterocycles. The highest BCUT2D eigenvalue weighted by molar-refractivity contribution is 6.19. The average Bonchev–Trinajstić information content (AvgIpc) is 2.03. The molecule has 0 fully saturated rings. The van der Waals surface area contributed by atoms with Gasteiger partial charge in [-0.1, -0.05) is 6.92 Å². The van der Waals surface area contributed by atoms with E-state index in [1.807, 2.05) is 6.92 Å². The van der Waals surface area contributed by atoms with E-state index >= 15 is 0 Å². The van der Waals surface area contributed by atoms with Crippen LogP contribution in [0.15, 0.2) is 0 Å². The number of aldehydes is 1. The Kier molecular flexibility index (Phi) is 5.52. The van der Waals surface area contributed by atoms with Crippen LogP contribution in [0.1, 0.15) is 13.3 Å². The van der Waals surface area contributed by atoms with Crippen molar-refractivity contribution in [2.75, 3.05) is 13.1 Å². The zero-order valence-corrected chi connectivity index (χ0v) is 6.75. The Balaban J connectivity index is 3.86. The van der Waals surface area contributed by atoms with Crippen molar-refractivity contribution in [3.8, 4) is 0 Å². The second-order valence-electron chi connectivity index (χ2n) is 2.21. The van der Waals surface area contributed by atoms with Crippen molar-refractivity contribution < 1.29 is 9.59 Å². The maximum Gasteiger partial charge on any atom is 0.214 e. The molecule has 4 heteroatoms. The molecule has 0 saturated heterocycles. The minimum absolute atomic E-state index is 0.0200. The largest absolute Gasteiger partial charge is 0.336 e. The van der Waals surface area contributed by atoms with Gasteiger partial charge in [-0.15, -0.1) is 0 Å². The van der Waals surface area contributed by atoms with Crippen molar-refractivity contribution >= 4 is 20.0 Å². The van der Waals surface area contributed by atoms with Crippen molar-refractivity contribution in [1.82, 2.24) is 4.90 Å². The zero-order chi connectivity index (χ0) is 8.69. The lowest BCUT2D eigenvalue weighted by atomic mass is 10.0. The fraction of sp³-hybridized carbons (Fsp3) is 0.714. The Hall–Kier alpha value is -0.795. The molecule has 0 atom stereocenters. The SMILES string of the molecule is [B]CC(=O)N(CC=O)CCC. The number of hydrogen-bond donors (Lipinski definition) is 0. The summed E-state index contributed by atoms with van der Waals surface area (Å²) in [5.41, 5.74) is 0. The Bertz CT molecular complexity index is 138. The van der Waals surface area contributed by atoms with Crippen molar-refractivity contribution in [3.63, 3.8) is 0 Å². The smallest absolute Gasteiger partial charge is 0.214 e. The molecule has 60 valence electrons. The molecule has 0 aliphatic rings. The van der Waals surface area contributed by atoms with Crippen LogP contribution in [0.3, 0.4) is 0 Å². The summed E-state index contributed by atoms with van der Waals surface area (Å²) < 4.78 is 0. The van der Waals surface area contributed by atoms with Gasteiger partial charge in [-0.25, -0.2) is 0 Å². The molecule has 0 bridgehead atoms. The lowest BCUT2D eigenvalue weighted by Gasteiger charge is -2.18. The van der Waals surface area contributed by atoms with Gasteiger partial charge in [-0.3, -0.25) is 4.79 Å². The molecule has 0 aliphatic heterocycles. The first-order valence-corrected chi connectivity index (χ1v) is 3.67. The average molecular weight is 153 g/mol. The molecule has 3 nitrogen and oxygen atoms in total. The highest BCUT2D eigenvalue weighted by Gasteiger charge is 2.07. The van der Waals surface area contributed by atoms with Crippen molar-refractivity contribution in [1.29, 1.82) is 0 Å². The van der Waals surface area contributed by atoms with E-state index in [0.29, 0.717) is 12.8 Å². The Labute approximate surface area is 68.2 Å². The zero-order valence-electron chi connectivity index (χ0n) is 6.75. The van der Waals surface area contributed by atoms with E-state index in [1.165, 1.54) is 4.90 Å². The van der Waals surface area contributed by atoms with Crippen LogP contribution in [0.4, 0.5) is 0 Å². The predicted octanol–water partition coefficient (Wildman–Crippen LogP) is 0.0107. The third kappa shape index (κ3) is 3.81. The van der Waals surface area contributed by atoms with Gasteiger partial charge in [0.1, 0.15) is 6.29 Å². The van der Waals surface area contributed by atoms with Gasteiger partial charge in [0.2, 0.25) is 5.91 Å². The quantitative estimate of drug-likeness (QED) is 0.412. The summed E-state index contributed by atoms with van der Waals surface area (Å²) in [6.07, 6.45) is 1.54. The maximum absolute atomic E-state index is 10.9. The van der Waals surface area contributed by atoms with E-state index in [1.54, 1.807) is 0 Å². The Morgan fingerprint density at radius 2 is 2.27 bits per heavy atom. The fourth-order valence-electron chi connectivity index (χ4n) is 0.807. The third-order valence-electron chi connectivity index (χ3n) is 1.32. The van der Waals surface area contributed by atoms with Gasteiger partial charge in [-0.2, -0.15) is 0 Å². The van der Waals surface area contributed by atoms with Crippen molar-refractivity contribution in [3.05, 3.63) is 0 Å². The number of carbonyl (C=O) groups excluding carboxylic acids is 2. The van der Waals surface area contributed by atoms with Crippen LogP contribution < -0.4 is 0 Å². The minimum atomic E-state index is -0.168. The summed E-state index contributed by atoms with van der Waals surface area (Å²) >= 11 is 0. The second-order valence-corrected chi connectivity index (χ2v) is 2.21. The molecule has 1 amide bonds. The molecular formula is C7H12BNO2. The molecule has 0 rings (SSSR count). The monoisotopic (exact) mass is 153 g/mol. The van der Waals surface area contributed by atoms with Crippen molar-refractivity contribution in [2.24, 2.45) is 0 Å². The van der Waals surface area contributed by atoms with E-state index in [9.17, 15) is 9.59 Å². The highest BCUT2D eigenvalue weighted by Crippen LogP contribution is 1.93. The van der Waals surface area contributed by atoms with Crippen LogP contribution in [0, 0.1) is 0 Å². The van der Waals surface area contributed by atoms with Crippen LogP contribution in [-0.4, -0.2) is 38.0 Å². The molecule has 0 spiro atoms. The number of amides is 1. The first-order chi connectivity index (χ1) is 5.26. The predicted molar refractivity (Wildman–Crippen MR) is 43.5 cm³/mol. The first-order valence-electron chi connectivity index (χ1n) is 3.67. The van der Waals surface area contributed by atoms with Crippen molar-refractivity contribution in [2.45, 2.75) is 19.7 Å². The summed E-state index contributed by atoms with van der Waals surface area (Å²) in [6.45, 7) is 2.71. The molecule has 0 N–H and O–H groups in total. The van der Waals surface area contributed by atoms with Gasteiger partial charge in [0.15, 0.2) is 0 Å². The number of hydrogen-bond acceptors (Lipinski definition) is 2. The van der Waals surface area contributed by atoms with Gasteiger partial charge < -0.3 is 9.69 Å². The van der Waals surface area contributed by atoms with Gasteiger partial charge in [0.05, 0.1) is 14.4 Å². The second kappa shape index (κ2) is 5.95. The minimum Gasteiger partial charge on any atom is -0.336 e. The highest BCUT2D eigenvalue weighted by atomic mass is 16.2. The van der Waals surface area contributed by atoms with Crippen LogP contribution >= 0.6 is 0 Å². The molecule has 0 aromatic carbocycles. The number of carbonyl (C=O) groups is 2. The van der Waals surface area contributed by atoms with Crippen LogP contribution in [0.5, 0.6) is 0 Å². The maximum atomic E-state index is 10.9. The van der Waals surface area contributed by atoms with Gasteiger partial charge in [-0.05, 0) is 12.7 Å². The molecule has 0 saturated carbocycles. The Morgan fingerprint density at radius 1 is 1.64 bits per heavy atom. The van der Waals surface area contributed by atoms with E-state index < -0.39 is 0 Å². The fourth-order valence-corrected chi connectivity index (χ4v) is 0.807. The lowest BCUT2D eigenvalue weighted by Crippen LogP contribution is -2.32. The molecular weight excluding hydrogens is 141 g/mol. The van der Waals surface area contributed by atoms with Gasteiger partial charge in [0.25, 0.3) is 0 Å². The van der Waals surface area contributed by atoms with E-state index in [-0.39, 0.29) is 18.8 Å². The normalized spacial score (nSPS) is 9.18. The van der Waals surface area contributed by atoms with E-state index in [4.69, 9.17) is 7.85 Å². The molecule has 11 heavy (non-hydrogen) atoms. The van der Waals surface area contributed by atoms with Gasteiger partial charge >= 0.3 is 0 Å². The first kappa shape index (κ1) is 10.2. The lowest BCUT2D eigenvalue weighted by molar-refractivity contribution is -0.130. The molecule has 0 aromatic rings. The third-order valence-corrected chi connectivity index (χ3v) is 1.32. The van der Waals surface area contributed by atoms with Crippen LogP contribution in [-0.2, 0) is 9.59 Å².